The molecule has 4 heteroatoms. The number of anilines is 1. The Labute approximate surface area is 117 Å². The van der Waals surface area contributed by atoms with Crippen molar-refractivity contribution in [3.8, 4) is 0 Å². The van der Waals surface area contributed by atoms with Gasteiger partial charge in [0.05, 0.1) is 18.8 Å². The van der Waals surface area contributed by atoms with Gasteiger partial charge in [-0.1, -0.05) is 12.8 Å². The zero-order chi connectivity index (χ0) is 12.5. The number of halogens is 1. The predicted octanol–water partition coefficient (Wildman–Crippen LogP) is 3.30. The molecule has 2 heterocycles. The normalized spacial score (nSPS) is 28.0. The quantitative estimate of drug-likeness (QED) is 0.796. The van der Waals surface area contributed by atoms with Gasteiger partial charge in [-0.15, -0.1) is 0 Å². The fourth-order valence-electron chi connectivity index (χ4n) is 3.06. The molecule has 1 saturated carbocycles. The molecule has 2 unspecified atom stereocenters. The minimum atomic E-state index is 0.415. The van der Waals surface area contributed by atoms with Gasteiger partial charge < -0.3 is 9.64 Å². The molecular formula is C14H19BrN2O. The van der Waals surface area contributed by atoms with Crippen LogP contribution in [0.3, 0.4) is 0 Å². The maximum absolute atomic E-state index is 5.91. The van der Waals surface area contributed by atoms with Gasteiger partial charge in [0, 0.05) is 17.2 Å². The highest BCUT2D eigenvalue weighted by atomic mass is 79.9. The van der Waals surface area contributed by atoms with Crippen LogP contribution in [0.1, 0.15) is 31.2 Å². The maximum atomic E-state index is 5.91. The predicted molar refractivity (Wildman–Crippen MR) is 76.0 cm³/mol. The molecule has 1 aromatic heterocycles. The van der Waals surface area contributed by atoms with Gasteiger partial charge in [-0.3, -0.25) is 0 Å². The lowest BCUT2D eigenvalue weighted by Crippen LogP contribution is -2.53. The Morgan fingerprint density at radius 1 is 1.39 bits per heavy atom. The van der Waals surface area contributed by atoms with Gasteiger partial charge >= 0.3 is 0 Å². The van der Waals surface area contributed by atoms with E-state index in [9.17, 15) is 0 Å². The molecule has 1 aliphatic carbocycles. The Morgan fingerprint density at radius 2 is 2.22 bits per heavy atom. The van der Waals surface area contributed by atoms with Crippen molar-refractivity contribution in [1.29, 1.82) is 0 Å². The van der Waals surface area contributed by atoms with E-state index in [0.717, 1.165) is 23.4 Å². The highest BCUT2D eigenvalue weighted by molar-refractivity contribution is 9.10. The first-order valence-corrected chi connectivity index (χ1v) is 7.55. The SMILES string of the molecule is Cc1cc(N2CCOC3CCCCC32)ncc1Br. The second-order valence-electron chi connectivity index (χ2n) is 5.25. The number of aromatic nitrogens is 1. The molecule has 0 spiro atoms. The minimum absolute atomic E-state index is 0.415. The first-order chi connectivity index (χ1) is 8.75. The van der Waals surface area contributed by atoms with Crippen molar-refractivity contribution in [1.82, 2.24) is 4.98 Å². The van der Waals surface area contributed by atoms with Crippen molar-refractivity contribution < 1.29 is 4.74 Å². The highest BCUT2D eigenvalue weighted by Crippen LogP contribution is 2.32. The molecule has 0 aromatic carbocycles. The molecule has 98 valence electrons. The van der Waals surface area contributed by atoms with Crippen LogP contribution >= 0.6 is 15.9 Å². The number of hydrogen-bond acceptors (Lipinski definition) is 3. The monoisotopic (exact) mass is 310 g/mol. The number of fused-ring (bicyclic) bond motifs is 1. The summed E-state index contributed by atoms with van der Waals surface area (Å²) in [5.41, 5.74) is 1.25. The smallest absolute Gasteiger partial charge is 0.129 e. The van der Waals surface area contributed by atoms with Crippen LogP contribution in [0.5, 0.6) is 0 Å². The Bertz CT molecular complexity index is 436. The van der Waals surface area contributed by atoms with Gasteiger partial charge in [-0.25, -0.2) is 4.98 Å². The summed E-state index contributed by atoms with van der Waals surface area (Å²) in [5.74, 6) is 1.11. The number of aryl methyl sites for hydroxylation is 1. The molecule has 1 saturated heterocycles. The van der Waals surface area contributed by atoms with Crippen LogP contribution in [0.4, 0.5) is 5.82 Å². The van der Waals surface area contributed by atoms with E-state index in [1.54, 1.807) is 0 Å². The second kappa shape index (κ2) is 5.17. The topological polar surface area (TPSA) is 25.4 Å². The standard InChI is InChI=1S/C14H19BrN2O/c1-10-8-14(16-9-11(10)15)17-6-7-18-13-5-3-2-4-12(13)17/h8-9,12-13H,2-7H2,1H3. The fraction of sp³-hybridized carbons (Fsp3) is 0.643. The summed E-state index contributed by atoms with van der Waals surface area (Å²) in [4.78, 5) is 7.03. The first kappa shape index (κ1) is 12.4. The zero-order valence-corrected chi connectivity index (χ0v) is 12.3. The Morgan fingerprint density at radius 3 is 3.06 bits per heavy atom. The lowest BCUT2D eigenvalue weighted by Gasteiger charge is -2.44. The summed E-state index contributed by atoms with van der Waals surface area (Å²) >= 11 is 3.52. The van der Waals surface area contributed by atoms with Crippen molar-refractivity contribution >= 4 is 21.7 Å². The molecule has 18 heavy (non-hydrogen) atoms. The minimum Gasteiger partial charge on any atom is -0.374 e. The van der Waals surface area contributed by atoms with E-state index >= 15 is 0 Å². The number of hydrogen-bond donors (Lipinski definition) is 0. The van der Waals surface area contributed by atoms with Crippen LogP contribution in [0.25, 0.3) is 0 Å². The Hall–Kier alpha value is -0.610. The summed E-state index contributed by atoms with van der Waals surface area (Å²) in [7, 11) is 0. The van der Waals surface area contributed by atoms with Gasteiger partial charge in [0.2, 0.25) is 0 Å². The molecule has 3 nitrogen and oxygen atoms in total. The summed E-state index contributed by atoms with van der Waals surface area (Å²) < 4.78 is 6.99. The molecular weight excluding hydrogens is 292 g/mol. The molecule has 2 fully saturated rings. The van der Waals surface area contributed by atoms with Gasteiger partial charge in [-0.2, -0.15) is 0 Å². The molecule has 3 rings (SSSR count). The number of ether oxygens (including phenoxy) is 1. The van der Waals surface area contributed by atoms with Crippen molar-refractivity contribution in [2.24, 2.45) is 0 Å². The molecule has 2 aliphatic rings. The first-order valence-electron chi connectivity index (χ1n) is 6.76. The average Bonchev–Trinajstić information content (AvgIpc) is 2.41. The van der Waals surface area contributed by atoms with Crippen LogP contribution in [0, 0.1) is 6.92 Å². The number of pyridine rings is 1. The molecule has 0 N–H and O–H groups in total. The van der Waals surface area contributed by atoms with Crippen molar-refractivity contribution in [2.45, 2.75) is 44.8 Å². The van der Waals surface area contributed by atoms with Crippen LogP contribution in [0.15, 0.2) is 16.7 Å². The van der Waals surface area contributed by atoms with Crippen LogP contribution in [0.2, 0.25) is 0 Å². The highest BCUT2D eigenvalue weighted by Gasteiger charge is 2.34. The van der Waals surface area contributed by atoms with Crippen LogP contribution < -0.4 is 4.90 Å². The fourth-order valence-corrected chi connectivity index (χ4v) is 3.28. The summed E-state index contributed by atoms with van der Waals surface area (Å²) in [5, 5.41) is 0. The molecule has 0 bridgehead atoms. The third-order valence-corrected chi connectivity index (χ3v) is 4.89. The van der Waals surface area contributed by atoms with E-state index in [0.29, 0.717) is 12.1 Å². The molecule has 1 aliphatic heterocycles. The molecule has 0 radical (unpaired) electrons. The van der Waals surface area contributed by atoms with E-state index in [1.165, 1.54) is 31.2 Å². The van der Waals surface area contributed by atoms with Gasteiger partial charge in [0.25, 0.3) is 0 Å². The van der Waals surface area contributed by atoms with E-state index in [2.05, 4.69) is 38.8 Å². The van der Waals surface area contributed by atoms with Crippen molar-refractivity contribution in [3.63, 3.8) is 0 Å². The number of morpholine rings is 1. The van der Waals surface area contributed by atoms with E-state index in [4.69, 9.17) is 4.74 Å². The van der Waals surface area contributed by atoms with Crippen LogP contribution in [-0.4, -0.2) is 30.3 Å². The van der Waals surface area contributed by atoms with Crippen LogP contribution in [-0.2, 0) is 4.74 Å². The molecule has 2 atom stereocenters. The Kier molecular flexibility index (Phi) is 3.57. The lowest BCUT2D eigenvalue weighted by molar-refractivity contribution is -0.00899. The summed E-state index contributed by atoms with van der Waals surface area (Å²) in [6.07, 6.45) is 7.40. The lowest BCUT2D eigenvalue weighted by atomic mass is 9.90. The largest absolute Gasteiger partial charge is 0.374 e. The Balaban J connectivity index is 1.87. The van der Waals surface area contributed by atoms with E-state index in [1.807, 2.05) is 6.20 Å². The van der Waals surface area contributed by atoms with Gasteiger partial charge in [0.15, 0.2) is 0 Å². The van der Waals surface area contributed by atoms with Gasteiger partial charge in [-0.05, 0) is 47.3 Å². The van der Waals surface area contributed by atoms with Gasteiger partial charge in [0.1, 0.15) is 5.82 Å². The van der Waals surface area contributed by atoms with Crippen molar-refractivity contribution in [2.75, 3.05) is 18.1 Å². The molecule has 0 amide bonds. The number of rotatable bonds is 1. The van der Waals surface area contributed by atoms with Crippen molar-refractivity contribution in [3.05, 3.63) is 22.3 Å². The molecule has 1 aromatic rings. The maximum Gasteiger partial charge on any atom is 0.129 e. The number of nitrogens with zero attached hydrogens (tertiary/aromatic N) is 2. The third-order valence-electron chi connectivity index (χ3n) is 4.06. The zero-order valence-electron chi connectivity index (χ0n) is 10.7. The third kappa shape index (κ3) is 2.28. The summed E-state index contributed by atoms with van der Waals surface area (Å²) in [6, 6.07) is 2.71. The average molecular weight is 311 g/mol. The second-order valence-corrected chi connectivity index (χ2v) is 6.10. The van der Waals surface area contributed by atoms with E-state index in [-0.39, 0.29) is 0 Å². The summed E-state index contributed by atoms with van der Waals surface area (Å²) in [6.45, 7) is 3.92. The van der Waals surface area contributed by atoms with E-state index < -0.39 is 0 Å².